The summed E-state index contributed by atoms with van der Waals surface area (Å²) in [5, 5.41) is 12.5. The molecule has 26 heavy (non-hydrogen) atoms. The zero-order valence-corrected chi connectivity index (χ0v) is 15.6. The molecule has 0 saturated carbocycles. The van der Waals surface area contributed by atoms with Crippen LogP contribution in [0.3, 0.4) is 0 Å². The molecule has 0 aromatic heterocycles. The molecule has 1 aliphatic rings. The molecule has 0 aliphatic carbocycles. The highest BCUT2D eigenvalue weighted by molar-refractivity contribution is 5.94. The van der Waals surface area contributed by atoms with Crippen molar-refractivity contribution in [3.05, 3.63) is 47.0 Å². The van der Waals surface area contributed by atoms with Crippen LogP contribution in [0.4, 0.5) is 5.69 Å². The van der Waals surface area contributed by atoms with Gasteiger partial charge in [-0.05, 0) is 29.5 Å². The molecule has 1 heterocycles. The van der Waals surface area contributed by atoms with Gasteiger partial charge < -0.3 is 10.1 Å². The second-order valence-corrected chi connectivity index (χ2v) is 6.94. The van der Waals surface area contributed by atoms with Gasteiger partial charge in [0.05, 0.1) is 17.9 Å². The number of hydrogen-bond donors (Lipinski definition) is 1. The van der Waals surface area contributed by atoms with E-state index in [1.807, 2.05) is 13.0 Å². The van der Waals surface area contributed by atoms with Crippen molar-refractivity contribution in [1.29, 1.82) is 5.26 Å². The molecule has 1 N–H and O–H groups in total. The van der Waals surface area contributed by atoms with Crippen LogP contribution in [-0.2, 0) is 11.2 Å². The van der Waals surface area contributed by atoms with Crippen LogP contribution >= 0.6 is 0 Å². The zero-order chi connectivity index (χ0) is 18.7. The van der Waals surface area contributed by atoms with E-state index in [1.165, 1.54) is 5.56 Å². The van der Waals surface area contributed by atoms with Crippen molar-refractivity contribution in [3.8, 4) is 22.9 Å². The summed E-state index contributed by atoms with van der Waals surface area (Å²) >= 11 is 0. The molecule has 0 radical (unpaired) electrons. The van der Waals surface area contributed by atoms with Gasteiger partial charge in [0.2, 0.25) is 5.91 Å². The smallest absolute Gasteiger partial charge is 0.224 e. The Bertz CT molecular complexity index is 867. The van der Waals surface area contributed by atoms with E-state index in [2.05, 4.69) is 49.5 Å². The predicted octanol–water partition coefficient (Wildman–Crippen LogP) is 5.27. The number of carbonyl (C=O) groups is 1. The van der Waals surface area contributed by atoms with E-state index in [0.717, 1.165) is 28.9 Å². The number of nitrogens with one attached hydrogen (secondary N) is 1. The lowest BCUT2D eigenvalue weighted by atomic mass is 9.94. The largest absolute Gasteiger partial charge is 0.492 e. The molecule has 0 unspecified atom stereocenters. The summed E-state index contributed by atoms with van der Waals surface area (Å²) in [6.45, 7) is 6.86. The van der Waals surface area contributed by atoms with E-state index in [9.17, 15) is 10.1 Å². The SMILES string of the molecule is CCCC(=O)Nc1cc(-c2ccc(C(C)C)cc2)c2c(c1C#N)CCO2.[HH]. The lowest BCUT2D eigenvalue weighted by Gasteiger charge is -2.15. The van der Waals surface area contributed by atoms with Gasteiger partial charge in [-0.2, -0.15) is 5.26 Å². The van der Waals surface area contributed by atoms with E-state index in [0.29, 0.717) is 36.6 Å². The Morgan fingerprint density at radius 2 is 2.08 bits per heavy atom. The first kappa shape index (κ1) is 18.0. The van der Waals surface area contributed by atoms with Gasteiger partial charge in [0, 0.05) is 25.4 Å². The molecule has 4 heteroatoms. The third kappa shape index (κ3) is 3.43. The van der Waals surface area contributed by atoms with E-state index in [1.54, 1.807) is 0 Å². The summed E-state index contributed by atoms with van der Waals surface area (Å²) in [5.74, 6) is 1.17. The number of nitriles is 1. The van der Waals surface area contributed by atoms with Crippen LogP contribution in [0.2, 0.25) is 0 Å². The van der Waals surface area contributed by atoms with Crippen molar-refractivity contribution < 1.29 is 11.0 Å². The Labute approximate surface area is 156 Å². The van der Waals surface area contributed by atoms with Crippen LogP contribution in [0.5, 0.6) is 5.75 Å². The summed E-state index contributed by atoms with van der Waals surface area (Å²) < 4.78 is 5.85. The molecule has 136 valence electrons. The second-order valence-electron chi connectivity index (χ2n) is 6.94. The summed E-state index contributed by atoms with van der Waals surface area (Å²) in [4.78, 5) is 12.1. The maximum absolute atomic E-state index is 12.1. The van der Waals surface area contributed by atoms with E-state index in [4.69, 9.17) is 4.74 Å². The Kier molecular flexibility index (Phi) is 5.27. The van der Waals surface area contributed by atoms with Gasteiger partial charge >= 0.3 is 0 Å². The molecule has 0 bridgehead atoms. The summed E-state index contributed by atoms with van der Waals surface area (Å²) in [6.07, 6.45) is 1.90. The monoisotopic (exact) mass is 350 g/mol. The van der Waals surface area contributed by atoms with Gasteiger partial charge in [0.1, 0.15) is 11.8 Å². The van der Waals surface area contributed by atoms with Gasteiger partial charge in [-0.1, -0.05) is 45.0 Å². The average Bonchev–Trinajstić information content (AvgIpc) is 3.11. The third-order valence-electron chi connectivity index (χ3n) is 4.73. The quantitative estimate of drug-likeness (QED) is 0.799. The molecule has 2 aromatic rings. The predicted molar refractivity (Wildman–Crippen MR) is 106 cm³/mol. The normalized spacial score (nSPS) is 12.4. The summed E-state index contributed by atoms with van der Waals surface area (Å²) in [6, 6.07) is 12.5. The Morgan fingerprint density at radius 3 is 2.69 bits per heavy atom. The Balaban J connectivity index is 0.00000261. The number of benzene rings is 2. The van der Waals surface area contributed by atoms with Crippen LogP contribution in [0, 0.1) is 11.3 Å². The van der Waals surface area contributed by atoms with Crippen LogP contribution in [0.25, 0.3) is 11.1 Å². The van der Waals surface area contributed by atoms with Crippen molar-refractivity contribution in [2.45, 2.75) is 46.0 Å². The van der Waals surface area contributed by atoms with Crippen molar-refractivity contribution in [3.63, 3.8) is 0 Å². The van der Waals surface area contributed by atoms with Crippen LogP contribution in [-0.4, -0.2) is 12.5 Å². The number of carbonyl (C=O) groups excluding carboxylic acids is 1. The fourth-order valence-corrected chi connectivity index (χ4v) is 3.31. The van der Waals surface area contributed by atoms with Gasteiger partial charge in [0.25, 0.3) is 0 Å². The van der Waals surface area contributed by atoms with E-state index < -0.39 is 0 Å². The molecule has 1 aliphatic heterocycles. The van der Waals surface area contributed by atoms with Crippen molar-refractivity contribution in [2.75, 3.05) is 11.9 Å². The minimum atomic E-state index is -0.0658. The standard InChI is InChI=1S/C22H24N2O2.H2/c1-4-5-21(25)24-20-12-18(16-8-6-15(7-9-16)14(2)3)22-17(10-11-26-22)19(20)13-23;/h6-9,12,14H,4-5,10-11H2,1-3H3,(H,24,25);1H. The van der Waals surface area contributed by atoms with Gasteiger partial charge in [0.15, 0.2) is 0 Å². The Hall–Kier alpha value is -2.80. The van der Waals surface area contributed by atoms with Crippen molar-refractivity contribution >= 4 is 11.6 Å². The number of hydrogen-bond acceptors (Lipinski definition) is 3. The first-order chi connectivity index (χ1) is 12.5. The number of rotatable bonds is 5. The minimum Gasteiger partial charge on any atom is -0.492 e. The van der Waals surface area contributed by atoms with Crippen LogP contribution in [0.1, 0.15) is 57.6 Å². The lowest BCUT2D eigenvalue weighted by molar-refractivity contribution is -0.116. The maximum Gasteiger partial charge on any atom is 0.224 e. The van der Waals surface area contributed by atoms with E-state index >= 15 is 0 Å². The molecular formula is C22H26N2O2. The number of anilines is 1. The van der Waals surface area contributed by atoms with Crippen molar-refractivity contribution in [1.82, 2.24) is 0 Å². The van der Waals surface area contributed by atoms with Crippen LogP contribution in [0.15, 0.2) is 30.3 Å². The molecule has 0 spiro atoms. The lowest BCUT2D eigenvalue weighted by Crippen LogP contribution is -2.12. The first-order valence-corrected chi connectivity index (χ1v) is 9.18. The molecular weight excluding hydrogens is 324 g/mol. The fourth-order valence-electron chi connectivity index (χ4n) is 3.31. The zero-order valence-electron chi connectivity index (χ0n) is 15.6. The molecule has 0 saturated heterocycles. The summed E-state index contributed by atoms with van der Waals surface area (Å²) in [7, 11) is 0. The fraction of sp³-hybridized carbons (Fsp3) is 0.364. The van der Waals surface area contributed by atoms with Gasteiger partial charge in [-0.15, -0.1) is 0 Å². The molecule has 3 rings (SSSR count). The number of fused-ring (bicyclic) bond motifs is 1. The summed E-state index contributed by atoms with van der Waals surface area (Å²) in [5.41, 5.74) is 5.23. The van der Waals surface area contributed by atoms with Gasteiger partial charge in [-0.3, -0.25) is 4.79 Å². The third-order valence-corrected chi connectivity index (χ3v) is 4.73. The molecule has 1 amide bonds. The molecule has 0 atom stereocenters. The number of nitrogens with zero attached hydrogens (tertiary/aromatic N) is 1. The topological polar surface area (TPSA) is 62.1 Å². The highest BCUT2D eigenvalue weighted by Gasteiger charge is 2.25. The average molecular weight is 350 g/mol. The Morgan fingerprint density at radius 1 is 1.35 bits per heavy atom. The number of ether oxygens (including phenoxy) is 1. The highest BCUT2D eigenvalue weighted by Crippen LogP contribution is 2.42. The maximum atomic E-state index is 12.1. The van der Waals surface area contributed by atoms with Crippen molar-refractivity contribution in [2.24, 2.45) is 0 Å². The molecule has 0 fully saturated rings. The highest BCUT2D eigenvalue weighted by atomic mass is 16.5. The van der Waals surface area contributed by atoms with Crippen LogP contribution < -0.4 is 10.1 Å². The number of amides is 1. The van der Waals surface area contributed by atoms with Gasteiger partial charge in [-0.25, -0.2) is 0 Å². The minimum absolute atomic E-state index is 0. The molecule has 2 aromatic carbocycles. The molecule has 4 nitrogen and oxygen atoms in total. The second kappa shape index (κ2) is 7.61. The first-order valence-electron chi connectivity index (χ1n) is 9.18. The van der Waals surface area contributed by atoms with E-state index in [-0.39, 0.29) is 7.33 Å².